The van der Waals surface area contributed by atoms with Crippen LogP contribution in [0.25, 0.3) is 11.5 Å². The van der Waals surface area contributed by atoms with Crippen LogP contribution in [0.1, 0.15) is 37.4 Å². The summed E-state index contributed by atoms with van der Waals surface area (Å²) in [4.78, 5) is 15.4. The van der Waals surface area contributed by atoms with Crippen molar-refractivity contribution in [2.45, 2.75) is 31.6 Å². The first kappa shape index (κ1) is 12.8. The van der Waals surface area contributed by atoms with Gasteiger partial charge in [0.25, 0.3) is 5.89 Å². The van der Waals surface area contributed by atoms with E-state index in [0.29, 0.717) is 24.6 Å². The van der Waals surface area contributed by atoms with Gasteiger partial charge in [-0.25, -0.2) is 0 Å². The third kappa shape index (κ3) is 2.57. The van der Waals surface area contributed by atoms with Crippen LogP contribution in [0.5, 0.6) is 0 Å². The fraction of sp³-hybridized carbons (Fsp3) is 0.400. The van der Waals surface area contributed by atoms with E-state index in [1.54, 1.807) is 0 Å². The number of aromatic nitrogens is 2. The highest BCUT2D eigenvalue weighted by molar-refractivity contribution is 5.70. The smallest absolute Gasteiger partial charge is 0.306 e. The van der Waals surface area contributed by atoms with Crippen LogP contribution in [-0.2, 0) is 4.79 Å². The van der Waals surface area contributed by atoms with Crippen molar-refractivity contribution < 1.29 is 14.4 Å². The summed E-state index contributed by atoms with van der Waals surface area (Å²) in [6.07, 6.45) is 3.00. The van der Waals surface area contributed by atoms with Crippen molar-refractivity contribution in [3.05, 3.63) is 36.2 Å². The van der Waals surface area contributed by atoms with E-state index < -0.39 is 5.97 Å². The quantitative estimate of drug-likeness (QED) is 0.929. The summed E-state index contributed by atoms with van der Waals surface area (Å²) in [5.74, 6) is 0.536. The monoisotopic (exact) mass is 272 g/mol. The van der Waals surface area contributed by atoms with Gasteiger partial charge in [0.15, 0.2) is 5.82 Å². The number of hydrogen-bond donors (Lipinski definition) is 1. The average molecular weight is 272 g/mol. The fourth-order valence-corrected chi connectivity index (χ4v) is 2.70. The normalized spacial score (nSPS) is 22.6. The Morgan fingerprint density at radius 3 is 2.50 bits per heavy atom. The standard InChI is InChI=1S/C15H16N2O3/c18-15(19)12-8-6-10(7-9-12)13-16-14(20-17-13)11-4-2-1-3-5-11/h1-5,10,12H,6-9H2,(H,18,19). The third-order valence-electron chi connectivity index (χ3n) is 3.90. The van der Waals surface area contributed by atoms with Crippen LogP contribution >= 0.6 is 0 Å². The molecule has 20 heavy (non-hydrogen) atoms. The van der Waals surface area contributed by atoms with E-state index in [4.69, 9.17) is 9.63 Å². The Morgan fingerprint density at radius 1 is 1.15 bits per heavy atom. The van der Waals surface area contributed by atoms with Gasteiger partial charge in [0.2, 0.25) is 0 Å². The van der Waals surface area contributed by atoms with E-state index in [1.165, 1.54) is 0 Å². The van der Waals surface area contributed by atoms with Crippen molar-refractivity contribution in [3.8, 4) is 11.5 Å². The molecule has 0 aliphatic heterocycles. The fourth-order valence-electron chi connectivity index (χ4n) is 2.70. The van der Waals surface area contributed by atoms with Gasteiger partial charge >= 0.3 is 5.97 Å². The molecule has 1 aliphatic rings. The maximum atomic E-state index is 10.9. The molecule has 2 aromatic rings. The SMILES string of the molecule is O=C(O)C1CCC(c2noc(-c3ccccc3)n2)CC1. The minimum atomic E-state index is -0.693. The van der Waals surface area contributed by atoms with Crippen LogP contribution in [0, 0.1) is 5.92 Å². The lowest BCUT2D eigenvalue weighted by Gasteiger charge is -2.23. The van der Waals surface area contributed by atoms with Gasteiger partial charge in [-0.15, -0.1) is 0 Å². The van der Waals surface area contributed by atoms with Crippen molar-refractivity contribution >= 4 is 5.97 Å². The number of benzene rings is 1. The van der Waals surface area contributed by atoms with E-state index in [1.807, 2.05) is 30.3 Å². The molecule has 3 rings (SSSR count). The minimum absolute atomic E-state index is 0.215. The molecule has 5 heteroatoms. The summed E-state index contributed by atoms with van der Waals surface area (Å²) in [6.45, 7) is 0. The second-order valence-electron chi connectivity index (χ2n) is 5.21. The lowest BCUT2D eigenvalue weighted by Crippen LogP contribution is -2.21. The molecule has 1 saturated carbocycles. The summed E-state index contributed by atoms with van der Waals surface area (Å²) in [5.41, 5.74) is 0.908. The maximum absolute atomic E-state index is 10.9. The predicted octanol–water partition coefficient (Wildman–Crippen LogP) is 3.10. The van der Waals surface area contributed by atoms with Gasteiger partial charge in [0.1, 0.15) is 0 Å². The molecule has 0 atom stereocenters. The van der Waals surface area contributed by atoms with Gasteiger partial charge in [-0.2, -0.15) is 4.98 Å². The van der Waals surface area contributed by atoms with Gasteiger partial charge in [-0.3, -0.25) is 4.79 Å². The zero-order valence-electron chi connectivity index (χ0n) is 11.0. The Bertz CT molecular complexity index is 586. The zero-order valence-corrected chi connectivity index (χ0v) is 11.0. The van der Waals surface area contributed by atoms with Crippen LogP contribution in [0.4, 0.5) is 0 Å². The van der Waals surface area contributed by atoms with Crippen molar-refractivity contribution in [2.75, 3.05) is 0 Å². The summed E-state index contributed by atoms with van der Waals surface area (Å²) in [5, 5.41) is 13.1. The summed E-state index contributed by atoms with van der Waals surface area (Å²) >= 11 is 0. The number of carboxylic acid groups (broad SMARTS) is 1. The summed E-state index contributed by atoms with van der Waals surface area (Å²) in [6, 6.07) is 9.65. The third-order valence-corrected chi connectivity index (χ3v) is 3.90. The number of aliphatic carboxylic acids is 1. The van der Waals surface area contributed by atoms with Crippen molar-refractivity contribution in [1.82, 2.24) is 10.1 Å². The van der Waals surface area contributed by atoms with Gasteiger partial charge in [-0.05, 0) is 37.8 Å². The maximum Gasteiger partial charge on any atom is 0.306 e. The average Bonchev–Trinajstić information content (AvgIpc) is 2.98. The van der Waals surface area contributed by atoms with Crippen molar-refractivity contribution in [2.24, 2.45) is 5.92 Å². The molecular weight excluding hydrogens is 256 g/mol. The molecule has 1 fully saturated rings. The van der Waals surface area contributed by atoms with E-state index in [9.17, 15) is 4.79 Å². The highest BCUT2D eigenvalue weighted by Crippen LogP contribution is 2.35. The second kappa shape index (κ2) is 5.45. The van der Waals surface area contributed by atoms with Gasteiger partial charge in [0.05, 0.1) is 5.92 Å². The van der Waals surface area contributed by atoms with Crippen LogP contribution < -0.4 is 0 Å². The molecule has 104 valence electrons. The Balaban J connectivity index is 1.71. The summed E-state index contributed by atoms with van der Waals surface area (Å²) < 4.78 is 5.30. The van der Waals surface area contributed by atoms with Crippen LogP contribution in [-0.4, -0.2) is 21.2 Å². The molecule has 1 aromatic heterocycles. The number of nitrogens with zero attached hydrogens (tertiary/aromatic N) is 2. The Hall–Kier alpha value is -2.17. The molecule has 1 heterocycles. The molecule has 1 aliphatic carbocycles. The van der Waals surface area contributed by atoms with Crippen LogP contribution in [0.15, 0.2) is 34.9 Å². The molecule has 0 unspecified atom stereocenters. The highest BCUT2D eigenvalue weighted by Gasteiger charge is 2.29. The van der Waals surface area contributed by atoms with E-state index >= 15 is 0 Å². The van der Waals surface area contributed by atoms with E-state index in [0.717, 1.165) is 18.4 Å². The first-order valence-electron chi connectivity index (χ1n) is 6.86. The van der Waals surface area contributed by atoms with Gasteiger partial charge in [-0.1, -0.05) is 23.4 Å². The highest BCUT2D eigenvalue weighted by atomic mass is 16.5. The van der Waals surface area contributed by atoms with Crippen LogP contribution in [0.2, 0.25) is 0 Å². The lowest BCUT2D eigenvalue weighted by atomic mass is 9.82. The molecule has 0 bridgehead atoms. The first-order valence-corrected chi connectivity index (χ1v) is 6.86. The molecular formula is C15H16N2O3. The first-order chi connectivity index (χ1) is 9.74. The minimum Gasteiger partial charge on any atom is -0.481 e. The number of hydrogen-bond acceptors (Lipinski definition) is 4. The number of rotatable bonds is 3. The molecule has 1 aromatic carbocycles. The predicted molar refractivity (Wildman–Crippen MR) is 72.1 cm³/mol. The molecule has 0 spiro atoms. The van der Waals surface area contributed by atoms with Crippen molar-refractivity contribution in [3.63, 3.8) is 0 Å². The summed E-state index contributed by atoms with van der Waals surface area (Å²) in [7, 11) is 0. The van der Waals surface area contributed by atoms with Gasteiger partial charge in [0, 0.05) is 11.5 Å². The molecule has 5 nitrogen and oxygen atoms in total. The number of carboxylic acids is 1. The largest absolute Gasteiger partial charge is 0.481 e. The zero-order chi connectivity index (χ0) is 13.9. The Labute approximate surface area is 116 Å². The molecule has 1 N–H and O–H groups in total. The lowest BCUT2D eigenvalue weighted by molar-refractivity contribution is -0.142. The van der Waals surface area contributed by atoms with Crippen molar-refractivity contribution in [1.29, 1.82) is 0 Å². The molecule has 0 radical (unpaired) electrons. The molecule has 0 amide bonds. The van der Waals surface area contributed by atoms with E-state index in [-0.39, 0.29) is 11.8 Å². The molecule has 0 saturated heterocycles. The van der Waals surface area contributed by atoms with Gasteiger partial charge < -0.3 is 9.63 Å². The van der Waals surface area contributed by atoms with E-state index in [2.05, 4.69) is 10.1 Å². The Kier molecular flexibility index (Phi) is 3.50. The Morgan fingerprint density at radius 2 is 1.85 bits per heavy atom. The van der Waals surface area contributed by atoms with Crippen LogP contribution in [0.3, 0.4) is 0 Å². The second-order valence-corrected chi connectivity index (χ2v) is 5.21. The topological polar surface area (TPSA) is 76.2 Å². The number of carbonyl (C=O) groups is 1.